The molecule has 0 unspecified atom stereocenters. The minimum absolute atomic E-state index is 0.00658. The lowest BCUT2D eigenvalue weighted by molar-refractivity contribution is -0.183. The third kappa shape index (κ3) is 9.29. The van der Waals surface area contributed by atoms with Gasteiger partial charge >= 0.3 is 0 Å². The highest BCUT2D eigenvalue weighted by Crippen LogP contribution is 2.61. The van der Waals surface area contributed by atoms with Gasteiger partial charge in [-0.05, 0) is 112 Å². The lowest BCUT2D eigenvalue weighted by Gasteiger charge is -2.62. The summed E-state index contributed by atoms with van der Waals surface area (Å²) in [5.74, 6) is 0.500. The SMILES string of the molecule is COc1c(CN2O[C@@H](CO)[C@@H](C(C)=O)[C@H]2C(=O)N[C@H]2C[C@H]3C[C@@H]([C@@H]2C)C3(C)C)cccc1-c1cc(CN(C)C)cc(C(=O)N[C@@H](Cc2ccccc2)CN(C)C)c1. The summed E-state index contributed by atoms with van der Waals surface area (Å²) < 4.78 is 6.12. The van der Waals surface area contributed by atoms with Crippen LogP contribution in [0.15, 0.2) is 66.7 Å². The Hall–Kier alpha value is -4.13. The number of aliphatic hydroxyl groups is 1. The Kier molecular flexibility index (Phi) is 13.3. The highest BCUT2D eigenvalue weighted by molar-refractivity contribution is 5.96. The molecule has 0 radical (unpaired) electrons. The number of carbonyl (C=O) groups is 3. The van der Waals surface area contributed by atoms with E-state index in [4.69, 9.17) is 9.57 Å². The van der Waals surface area contributed by atoms with Gasteiger partial charge in [-0.2, -0.15) is 5.06 Å². The number of ether oxygens (including phenoxy) is 1. The molecule has 4 fully saturated rings. The van der Waals surface area contributed by atoms with Gasteiger partial charge < -0.3 is 30.3 Å². The van der Waals surface area contributed by atoms with E-state index in [0.717, 1.165) is 34.2 Å². The largest absolute Gasteiger partial charge is 0.496 e. The van der Waals surface area contributed by atoms with E-state index < -0.39 is 24.7 Å². The zero-order valence-electron chi connectivity index (χ0n) is 35.2. The zero-order valence-corrected chi connectivity index (χ0v) is 35.2. The van der Waals surface area contributed by atoms with Gasteiger partial charge in [-0.25, -0.2) is 0 Å². The third-order valence-corrected chi connectivity index (χ3v) is 12.9. The van der Waals surface area contributed by atoms with Gasteiger partial charge in [-0.15, -0.1) is 0 Å². The van der Waals surface area contributed by atoms with E-state index in [1.165, 1.54) is 13.3 Å². The van der Waals surface area contributed by atoms with Crippen molar-refractivity contribution in [3.63, 3.8) is 0 Å². The Morgan fingerprint density at radius 3 is 2.33 bits per heavy atom. The van der Waals surface area contributed by atoms with Gasteiger partial charge in [-0.3, -0.25) is 19.2 Å². The van der Waals surface area contributed by atoms with E-state index in [1.54, 1.807) is 12.2 Å². The summed E-state index contributed by atoms with van der Waals surface area (Å²) in [7, 11) is 9.61. The standard InChI is InChI=1S/C46H63N5O6/c1-28-38-22-35(46(38,3)4)23-39(28)48-45(55)42-41(29(2)53)40(27-52)57-51(42)25-32-16-13-17-37(43(32)56-9)33-18-31(24-49(5)6)19-34(21-33)44(54)47-36(26-50(7)8)20-30-14-11-10-12-15-30/h10-19,21,28,35-36,38-42,52H,20,22-27H2,1-9H3,(H,47,54)(H,48,55)/t28-,35+,36-,38-,39-,40-,41+,42-/m0/s1. The van der Waals surface area contributed by atoms with Crippen molar-refractivity contribution < 1.29 is 29.1 Å². The molecule has 3 aromatic carbocycles. The number of fused-ring (bicyclic) bond motifs is 2. The molecular formula is C46H63N5O6. The molecule has 7 rings (SSSR count). The van der Waals surface area contributed by atoms with Gasteiger partial charge in [-0.1, -0.05) is 69.3 Å². The fraction of sp³-hybridized carbons (Fsp3) is 0.543. The van der Waals surface area contributed by atoms with Crippen LogP contribution in [-0.2, 0) is 33.9 Å². The molecule has 3 saturated carbocycles. The molecule has 11 nitrogen and oxygen atoms in total. The highest BCUT2D eigenvalue weighted by atomic mass is 16.7. The Labute approximate surface area is 339 Å². The van der Waals surface area contributed by atoms with Gasteiger partial charge in [0.25, 0.3) is 5.91 Å². The molecule has 1 saturated heterocycles. The average Bonchev–Trinajstić information content (AvgIpc) is 3.53. The Bertz CT molecular complexity index is 1900. The molecule has 3 N–H and O–H groups in total. The summed E-state index contributed by atoms with van der Waals surface area (Å²) >= 11 is 0. The molecule has 8 atom stereocenters. The van der Waals surface area contributed by atoms with Gasteiger partial charge in [0.2, 0.25) is 5.91 Å². The number of hydrogen-bond acceptors (Lipinski definition) is 9. The van der Waals surface area contributed by atoms with E-state index in [2.05, 4.69) is 59.4 Å². The van der Waals surface area contributed by atoms with E-state index in [0.29, 0.717) is 48.6 Å². The van der Waals surface area contributed by atoms with Crippen molar-refractivity contribution in [1.29, 1.82) is 0 Å². The van der Waals surface area contributed by atoms with Crippen LogP contribution in [0.2, 0.25) is 0 Å². The van der Waals surface area contributed by atoms with Crippen LogP contribution in [0.1, 0.15) is 67.6 Å². The van der Waals surface area contributed by atoms with Crippen LogP contribution in [-0.4, -0.2) is 110 Å². The number of aliphatic hydroxyl groups excluding tert-OH is 1. The van der Waals surface area contributed by atoms with Crippen LogP contribution >= 0.6 is 0 Å². The number of amides is 2. The second kappa shape index (κ2) is 17.8. The number of rotatable bonds is 16. The molecule has 2 bridgehead atoms. The molecule has 2 amide bonds. The summed E-state index contributed by atoms with van der Waals surface area (Å²) in [5.41, 5.74) is 5.25. The summed E-state index contributed by atoms with van der Waals surface area (Å²) in [6, 6.07) is 20.9. The smallest absolute Gasteiger partial charge is 0.251 e. The van der Waals surface area contributed by atoms with Crippen molar-refractivity contribution in [3.05, 3.63) is 89.0 Å². The number of likely N-dealkylation sites (N-methyl/N-ethyl adjacent to an activating group) is 1. The lowest BCUT2D eigenvalue weighted by atomic mass is 9.45. The molecule has 4 aliphatic rings. The number of carbonyl (C=O) groups excluding carboxylic acids is 3. The maximum atomic E-state index is 14.3. The summed E-state index contributed by atoms with van der Waals surface area (Å²) in [6.07, 6.45) is 1.94. The predicted molar refractivity (Wildman–Crippen MR) is 222 cm³/mol. The first-order valence-electron chi connectivity index (χ1n) is 20.4. The minimum Gasteiger partial charge on any atom is -0.496 e. The average molecular weight is 782 g/mol. The van der Waals surface area contributed by atoms with Crippen LogP contribution in [0, 0.1) is 29.1 Å². The number of ketones is 1. The van der Waals surface area contributed by atoms with Crippen LogP contribution in [0.5, 0.6) is 5.75 Å². The van der Waals surface area contributed by atoms with Crippen LogP contribution in [0.4, 0.5) is 0 Å². The van der Waals surface area contributed by atoms with Crippen molar-refractivity contribution in [2.75, 3.05) is 48.5 Å². The number of methoxy groups -OCH3 is 1. The summed E-state index contributed by atoms with van der Waals surface area (Å²) in [6.45, 7) is 9.37. The molecule has 57 heavy (non-hydrogen) atoms. The number of para-hydroxylation sites is 1. The number of nitrogens with zero attached hydrogens (tertiary/aromatic N) is 3. The first-order valence-corrected chi connectivity index (χ1v) is 20.4. The number of hydrogen-bond donors (Lipinski definition) is 3. The maximum absolute atomic E-state index is 14.3. The molecule has 1 heterocycles. The quantitative estimate of drug-likeness (QED) is 0.180. The second-order valence-electron chi connectivity index (χ2n) is 17.8. The first kappa shape index (κ1) is 42.5. The van der Waals surface area contributed by atoms with Crippen molar-refractivity contribution >= 4 is 17.6 Å². The van der Waals surface area contributed by atoms with Crippen molar-refractivity contribution in [2.45, 2.75) is 84.3 Å². The van der Waals surface area contributed by atoms with E-state index in [-0.39, 0.29) is 41.6 Å². The Morgan fingerprint density at radius 2 is 1.72 bits per heavy atom. The summed E-state index contributed by atoms with van der Waals surface area (Å²) in [5, 5.41) is 18.5. The van der Waals surface area contributed by atoms with E-state index in [9.17, 15) is 19.5 Å². The molecular weight excluding hydrogens is 719 g/mol. The van der Waals surface area contributed by atoms with Gasteiger partial charge in [0.15, 0.2) is 0 Å². The molecule has 1 aliphatic heterocycles. The van der Waals surface area contributed by atoms with Crippen molar-refractivity contribution in [2.24, 2.45) is 29.1 Å². The van der Waals surface area contributed by atoms with E-state index >= 15 is 0 Å². The number of benzene rings is 3. The fourth-order valence-corrected chi connectivity index (χ4v) is 9.91. The third-order valence-electron chi connectivity index (χ3n) is 12.9. The van der Waals surface area contributed by atoms with Crippen LogP contribution in [0.25, 0.3) is 11.1 Å². The zero-order chi connectivity index (χ0) is 41.2. The van der Waals surface area contributed by atoms with Crippen molar-refractivity contribution in [1.82, 2.24) is 25.5 Å². The topological polar surface area (TPSA) is 124 Å². The van der Waals surface area contributed by atoms with Gasteiger partial charge in [0.1, 0.15) is 23.7 Å². The molecule has 3 aromatic rings. The van der Waals surface area contributed by atoms with Crippen molar-refractivity contribution in [3.8, 4) is 16.9 Å². The maximum Gasteiger partial charge on any atom is 0.251 e. The van der Waals surface area contributed by atoms with Crippen LogP contribution < -0.4 is 15.4 Å². The molecule has 3 aliphatic carbocycles. The minimum atomic E-state index is -0.934. The van der Waals surface area contributed by atoms with Gasteiger partial charge in [0, 0.05) is 41.9 Å². The number of hydroxylamine groups is 2. The normalized spacial score (nSPS) is 25.9. The second-order valence-corrected chi connectivity index (χ2v) is 17.8. The molecule has 308 valence electrons. The molecule has 0 aromatic heterocycles. The lowest BCUT2D eigenvalue weighted by Crippen LogP contribution is -2.62. The summed E-state index contributed by atoms with van der Waals surface area (Å²) in [4.78, 5) is 51.9. The first-order chi connectivity index (χ1) is 27.1. The van der Waals surface area contributed by atoms with E-state index in [1.807, 2.05) is 76.7 Å². The Morgan fingerprint density at radius 1 is 0.982 bits per heavy atom. The fourth-order valence-electron chi connectivity index (χ4n) is 9.91. The van der Waals surface area contributed by atoms with Gasteiger partial charge in [0.05, 0.1) is 26.2 Å². The monoisotopic (exact) mass is 781 g/mol. The number of Topliss-reactive ketones (excluding diaryl/α,β-unsaturated/α-hetero) is 1. The number of nitrogens with one attached hydrogen (secondary N) is 2. The van der Waals surface area contributed by atoms with Crippen LogP contribution in [0.3, 0.4) is 0 Å². The Balaban J connectivity index is 1.29. The predicted octanol–water partition coefficient (Wildman–Crippen LogP) is 5.20. The highest BCUT2D eigenvalue weighted by Gasteiger charge is 2.57. The molecule has 11 heteroatoms. The molecule has 0 spiro atoms.